The third-order valence-corrected chi connectivity index (χ3v) is 6.32. The molecule has 1 amide bonds. The van der Waals surface area contributed by atoms with Crippen LogP contribution in [0.25, 0.3) is 16.8 Å². The van der Waals surface area contributed by atoms with Gasteiger partial charge in [0.25, 0.3) is 5.91 Å². The van der Waals surface area contributed by atoms with E-state index in [1.54, 1.807) is 12.4 Å². The first-order valence-corrected chi connectivity index (χ1v) is 10.9. The number of likely N-dealkylation sites (N-methyl/N-ethyl adjacent to an activating group) is 1. The van der Waals surface area contributed by atoms with E-state index in [1.807, 2.05) is 55.1 Å². The third kappa shape index (κ3) is 3.56. The molecule has 3 heterocycles. The number of rotatable bonds is 3. The molecule has 0 spiro atoms. The van der Waals surface area contributed by atoms with Crippen LogP contribution in [0.15, 0.2) is 53.2 Å². The number of amides is 1. The highest BCUT2D eigenvalue weighted by atomic mass is 16.4. The second-order valence-corrected chi connectivity index (χ2v) is 8.75. The minimum absolute atomic E-state index is 0.00265. The van der Waals surface area contributed by atoms with E-state index in [0.717, 1.165) is 41.7 Å². The van der Waals surface area contributed by atoms with Crippen molar-refractivity contribution >= 4 is 23.0 Å². The molecule has 4 aromatic rings. The highest BCUT2D eigenvalue weighted by molar-refractivity contribution is 5.98. The maximum absolute atomic E-state index is 13.6. The molecule has 32 heavy (non-hydrogen) atoms. The molecule has 0 radical (unpaired) electrons. The number of carbonyl (C=O) groups excluding carboxylic acids is 1. The number of nitrogens with zero attached hydrogens (tertiary/aromatic N) is 6. The first-order chi connectivity index (χ1) is 15.4. The Morgan fingerprint density at radius 2 is 1.88 bits per heavy atom. The second kappa shape index (κ2) is 7.87. The van der Waals surface area contributed by atoms with Gasteiger partial charge in [-0.2, -0.15) is 20.0 Å². The lowest BCUT2D eigenvalue weighted by atomic mass is 10.1. The van der Waals surface area contributed by atoms with Gasteiger partial charge in [-0.05, 0) is 37.6 Å². The van der Waals surface area contributed by atoms with Crippen LogP contribution in [0, 0.1) is 13.8 Å². The molecule has 1 saturated heterocycles. The van der Waals surface area contributed by atoms with Crippen molar-refractivity contribution in [2.75, 3.05) is 33.2 Å². The summed E-state index contributed by atoms with van der Waals surface area (Å²) in [5.74, 6) is 0.00265. The van der Waals surface area contributed by atoms with Gasteiger partial charge < -0.3 is 9.32 Å². The summed E-state index contributed by atoms with van der Waals surface area (Å²) in [6.07, 6.45) is 4.09. The zero-order chi connectivity index (χ0) is 22.3. The van der Waals surface area contributed by atoms with Gasteiger partial charge in [-0.3, -0.25) is 4.79 Å². The van der Waals surface area contributed by atoms with E-state index in [9.17, 15) is 4.79 Å². The van der Waals surface area contributed by atoms with Gasteiger partial charge in [0.15, 0.2) is 5.58 Å². The van der Waals surface area contributed by atoms with Crippen molar-refractivity contribution in [1.29, 1.82) is 0 Å². The number of hydrogen-bond acceptors (Lipinski definition) is 5. The van der Waals surface area contributed by atoms with E-state index in [1.165, 1.54) is 4.80 Å². The van der Waals surface area contributed by atoms with Gasteiger partial charge in [-0.15, -0.1) is 0 Å². The molecule has 1 aliphatic heterocycles. The molecular formula is C24H27N6O2+. The highest BCUT2D eigenvalue weighted by Gasteiger charge is 2.35. The number of hydrogen-bond donors (Lipinski definition) is 0. The molecule has 0 N–H and O–H groups in total. The number of fused-ring (bicyclic) bond motifs is 1. The summed E-state index contributed by atoms with van der Waals surface area (Å²) in [4.78, 5) is 21.8. The Kier molecular flexibility index (Phi) is 5.01. The Bertz CT molecular complexity index is 1280. The molecule has 5 rings (SSSR count). The SMILES string of the molecule is Cc1ccc(-n2nccn2)c(C(=O)N2CCC[N+](C)(c3nc4c(C)cccc4o3)CC2)c1. The summed E-state index contributed by atoms with van der Waals surface area (Å²) in [5, 5.41) is 8.45. The van der Waals surface area contributed by atoms with Crippen molar-refractivity contribution < 1.29 is 9.21 Å². The molecule has 2 aromatic carbocycles. The first kappa shape index (κ1) is 20.4. The van der Waals surface area contributed by atoms with Gasteiger partial charge in [-0.25, -0.2) is 4.48 Å². The van der Waals surface area contributed by atoms with Crippen LogP contribution in [0.5, 0.6) is 0 Å². The molecule has 1 aliphatic rings. The summed E-state index contributed by atoms with van der Waals surface area (Å²) in [6.45, 7) is 6.93. The summed E-state index contributed by atoms with van der Waals surface area (Å²) in [5.41, 5.74) is 5.18. The van der Waals surface area contributed by atoms with Gasteiger partial charge >= 0.3 is 6.01 Å². The lowest BCUT2D eigenvalue weighted by Crippen LogP contribution is -2.48. The lowest BCUT2D eigenvalue weighted by molar-refractivity contribution is 0.0761. The maximum atomic E-state index is 13.6. The van der Waals surface area contributed by atoms with Crippen molar-refractivity contribution in [3.8, 4) is 5.69 Å². The van der Waals surface area contributed by atoms with Crippen LogP contribution in [-0.4, -0.2) is 64.0 Å². The van der Waals surface area contributed by atoms with Crippen LogP contribution in [0.2, 0.25) is 0 Å². The Hall–Kier alpha value is -3.52. The minimum atomic E-state index is 0.00265. The van der Waals surface area contributed by atoms with E-state index in [-0.39, 0.29) is 5.91 Å². The van der Waals surface area contributed by atoms with E-state index in [0.29, 0.717) is 34.8 Å². The van der Waals surface area contributed by atoms with Crippen LogP contribution in [-0.2, 0) is 0 Å². The molecule has 0 aliphatic carbocycles. The van der Waals surface area contributed by atoms with Crippen molar-refractivity contribution in [2.45, 2.75) is 20.3 Å². The average Bonchev–Trinajstić information content (AvgIpc) is 3.43. The van der Waals surface area contributed by atoms with Crippen molar-refractivity contribution in [3.05, 3.63) is 65.5 Å². The Labute approximate surface area is 186 Å². The van der Waals surface area contributed by atoms with Crippen molar-refractivity contribution in [2.24, 2.45) is 0 Å². The van der Waals surface area contributed by atoms with Gasteiger partial charge in [0.1, 0.15) is 12.1 Å². The zero-order valence-electron chi connectivity index (χ0n) is 18.7. The number of aryl methyl sites for hydroxylation is 2. The largest absolute Gasteiger partial charge is 0.404 e. The summed E-state index contributed by atoms with van der Waals surface area (Å²) >= 11 is 0. The first-order valence-electron chi connectivity index (χ1n) is 10.9. The van der Waals surface area contributed by atoms with Gasteiger partial charge in [-0.1, -0.05) is 23.8 Å². The Morgan fingerprint density at radius 1 is 1.06 bits per heavy atom. The van der Waals surface area contributed by atoms with Crippen LogP contribution in [0.4, 0.5) is 6.01 Å². The summed E-state index contributed by atoms with van der Waals surface area (Å²) < 4.78 is 6.72. The predicted molar refractivity (Wildman–Crippen MR) is 123 cm³/mol. The Balaban J connectivity index is 1.41. The summed E-state index contributed by atoms with van der Waals surface area (Å²) in [7, 11) is 2.14. The molecular weight excluding hydrogens is 404 g/mol. The molecule has 0 saturated carbocycles. The van der Waals surface area contributed by atoms with E-state index >= 15 is 0 Å². The number of aromatic nitrogens is 4. The van der Waals surface area contributed by atoms with Crippen LogP contribution in [0.3, 0.4) is 0 Å². The summed E-state index contributed by atoms with van der Waals surface area (Å²) in [6, 6.07) is 12.5. The second-order valence-electron chi connectivity index (χ2n) is 8.75. The molecule has 164 valence electrons. The quantitative estimate of drug-likeness (QED) is 0.464. The molecule has 1 unspecified atom stereocenters. The smallest absolute Gasteiger partial charge is 0.395 e. The fraction of sp³-hybridized carbons (Fsp3) is 0.333. The van der Waals surface area contributed by atoms with Gasteiger partial charge in [0.2, 0.25) is 0 Å². The number of oxazole rings is 1. The van der Waals surface area contributed by atoms with E-state index in [4.69, 9.17) is 9.40 Å². The van der Waals surface area contributed by atoms with E-state index < -0.39 is 0 Å². The van der Waals surface area contributed by atoms with Gasteiger partial charge in [0, 0.05) is 13.0 Å². The molecule has 1 atom stereocenters. The third-order valence-electron chi connectivity index (χ3n) is 6.32. The zero-order valence-corrected chi connectivity index (χ0v) is 18.7. The van der Waals surface area contributed by atoms with Gasteiger partial charge in [0.05, 0.1) is 43.8 Å². The van der Waals surface area contributed by atoms with Crippen LogP contribution < -0.4 is 4.48 Å². The fourth-order valence-corrected chi connectivity index (χ4v) is 4.38. The molecule has 8 nitrogen and oxygen atoms in total. The number of para-hydroxylation sites is 1. The molecule has 0 bridgehead atoms. The standard InChI is InChI=1S/C24H27N6O2/c1-17-8-9-20(29-25-10-11-26-29)19(16-17)23(31)28-12-5-14-30(3,15-13-28)24-27-22-18(2)6-4-7-21(22)32-24/h4,6-11,16H,5,12-15H2,1-3H3/q+1. The van der Waals surface area contributed by atoms with Crippen LogP contribution in [0.1, 0.15) is 27.9 Å². The van der Waals surface area contributed by atoms with Crippen molar-refractivity contribution in [3.63, 3.8) is 0 Å². The normalized spacial score (nSPS) is 19.3. The van der Waals surface area contributed by atoms with E-state index in [2.05, 4.69) is 17.2 Å². The number of benzene rings is 2. The molecule has 8 heteroatoms. The fourth-order valence-electron chi connectivity index (χ4n) is 4.38. The molecule has 2 aromatic heterocycles. The molecule has 1 fully saturated rings. The lowest BCUT2D eigenvalue weighted by Gasteiger charge is -2.28. The maximum Gasteiger partial charge on any atom is 0.404 e. The number of carbonyl (C=O) groups is 1. The minimum Gasteiger partial charge on any atom is -0.395 e. The average molecular weight is 432 g/mol. The van der Waals surface area contributed by atoms with Crippen LogP contribution >= 0.6 is 0 Å². The van der Waals surface area contributed by atoms with Crippen molar-refractivity contribution in [1.82, 2.24) is 29.4 Å². The Morgan fingerprint density at radius 3 is 2.66 bits per heavy atom. The number of quaternary nitrogens is 1. The monoisotopic (exact) mass is 431 g/mol. The topological polar surface area (TPSA) is 77.1 Å². The predicted octanol–water partition coefficient (Wildman–Crippen LogP) is 3.51. The highest BCUT2D eigenvalue weighted by Crippen LogP contribution is 2.29.